The Morgan fingerprint density at radius 2 is 0.991 bits per heavy atom. The number of hydrogen-bond acceptors (Lipinski definition) is 14. The first kappa shape index (κ1) is 84.4. The highest BCUT2D eigenvalue weighted by atomic mass is 16.5. The van der Waals surface area contributed by atoms with Crippen molar-refractivity contribution < 1.29 is 53.9 Å². The lowest BCUT2D eigenvalue weighted by atomic mass is 9.44. The topological polar surface area (TPSA) is 241 Å². The van der Waals surface area contributed by atoms with Crippen molar-refractivity contribution in [3.05, 3.63) is 93.7 Å². The van der Waals surface area contributed by atoms with E-state index in [-0.39, 0.29) is 126 Å². The number of nitrogens with zero attached hydrogens (tertiary/aromatic N) is 5. The summed E-state index contributed by atoms with van der Waals surface area (Å²) in [6, 6.07) is 0. The van der Waals surface area contributed by atoms with Gasteiger partial charge in [-0.1, -0.05) is 152 Å². The number of ether oxygens (including phenoxy) is 1. The molecular weight excluding hydrogens is 1440 g/mol. The summed E-state index contributed by atoms with van der Waals surface area (Å²) in [4.78, 5) is 81.9. The van der Waals surface area contributed by atoms with E-state index < -0.39 is 23.0 Å². The van der Waals surface area contributed by atoms with Crippen molar-refractivity contribution in [3.63, 3.8) is 0 Å². The molecule has 16 heteroatoms. The zero-order valence-corrected chi connectivity index (χ0v) is 73.8. The number of ketones is 6. The van der Waals surface area contributed by atoms with Gasteiger partial charge in [0.2, 0.25) is 0 Å². The number of aryl methyl sites for hydroxylation is 2. The summed E-state index contributed by atoms with van der Waals surface area (Å²) in [5.74, 6) is 6.19. The molecule has 0 unspecified atom stereocenters. The predicted octanol–water partition coefficient (Wildman–Crippen LogP) is 17.0. The van der Waals surface area contributed by atoms with Gasteiger partial charge in [0.25, 0.3) is 0 Å². The van der Waals surface area contributed by atoms with Crippen LogP contribution in [0.3, 0.4) is 0 Å². The summed E-state index contributed by atoms with van der Waals surface area (Å²) >= 11 is 0. The second kappa shape index (κ2) is 28.8. The van der Waals surface area contributed by atoms with Gasteiger partial charge in [-0.15, -0.1) is 0 Å². The number of aliphatic imine (C=N–C) groups is 1. The van der Waals surface area contributed by atoms with E-state index in [0.717, 1.165) is 126 Å². The minimum absolute atomic E-state index is 0.00169. The Balaban J connectivity index is 0.000000121. The number of fused-ring (bicyclic) bond motifs is 22. The zero-order chi connectivity index (χ0) is 83.4. The summed E-state index contributed by atoms with van der Waals surface area (Å²) in [6.07, 6.45) is 39.1. The first-order valence-corrected chi connectivity index (χ1v) is 45.1. The number of carbonyl (C=O) groups excluding carboxylic acids is 6. The van der Waals surface area contributed by atoms with E-state index in [1.54, 1.807) is 12.2 Å². The molecule has 628 valence electrons. The molecule has 0 bridgehead atoms. The van der Waals surface area contributed by atoms with Crippen LogP contribution in [0.15, 0.2) is 76.1 Å². The number of aromatic nitrogens is 4. The molecular formula is C99H141N5O11. The lowest BCUT2D eigenvalue weighted by molar-refractivity contribution is -0.175. The van der Waals surface area contributed by atoms with Crippen LogP contribution in [0.4, 0.5) is 0 Å². The Bertz CT molecular complexity index is 4540. The number of allylic oxidation sites excluding steroid dienone is 10. The molecule has 16 aliphatic rings. The standard InChI is InChI=1S/2C26H38N2O2.C25H37NO2.C22H28O5/c1-7-22(30)26(5)15(2)10-19-18-9-8-17-11-20-16(14-28(6)27-20)12-24(17,3)23(18)21(29)13-25(19,26)4;1-7-22(30)26(5)15(2)10-19-18-9-8-17-11-20-16(14-27-28(20)6)12-24(17,3)23(18)21(29)13-25(19,26)4;1-7-21(28)25(5)15(2)12-19-18-9-8-16-13-17(26-6)10-11-23(16,3)22(18)20(27)14-24(19,25)4;1-20-8-6-14(24)10-13(20)4-5-15-16-7-9-22(27-3,18(26)12-23)21(16,2)11-17(25)19(15)20/h2*11,14-15,18-19,21,23,29H,7-10,12-13H2,1-6H3;10-11,13,15,18-20,22,27H,7-9,12,14H2,1-6H3;6,8,10,15-16,19,23H,4-5,7,9,11-12H2,1-3H3/t2*15-,18+,19+,21+,23-,24+,25+,26-;15-,18+,19+,20+,22-,23+,24+,25-;15-,16-,19+,20-,21-,22-/m1110/s1. The molecule has 0 aromatic carbocycles. The van der Waals surface area contributed by atoms with Crippen molar-refractivity contribution >= 4 is 52.6 Å². The minimum Gasteiger partial charge on any atom is -0.393 e. The van der Waals surface area contributed by atoms with Crippen molar-refractivity contribution in [2.24, 2.45) is 167 Å². The molecule has 115 heavy (non-hydrogen) atoms. The third-order valence-corrected chi connectivity index (χ3v) is 39.4. The molecule has 18 rings (SSSR count). The second-order valence-electron chi connectivity index (χ2n) is 43.0. The van der Waals surface area contributed by atoms with Crippen molar-refractivity contribution in [2.45, 2.75) is 283 Å². The van der Waals surface area contributed by atoms with Crippen molar-refractivity contribution in [2.75, 3.05) is 20.8 Å². The van der Waals surface area contributed by atoms with E-state index >= 15 is 0 Å². The Labute approximate surface area is 687 Å². The van der Waals surface area contributed by atoms with Crippen molar-refractivity contribution in [1.82, 2.24) is 19.6 Å². The highest BCUT2D eigenvalue weighted by molar-refractivity contribution is 6.06. The average molecular weight is 1580 g/mol. The van der Waals surface area contributed by atoms with E-state index in [9.17, 15) is 49.2 Å². The number of rotatable bonds is 9. The molecule has 30 atom stereocenters. The van der Waals surface area contributed by atoms with Gasteiger partial charge in [-0.05, 0) is 267 Å². The second-order valence-corrected chi connectivity index (χ2v) is 43.0. The van der Waals surface area contributed by atoms with E-state index in [1.807, 2.05) is 70.5 Å². The Kier molecular flexibility index (Phi) is 21.1. The number of hydrogen-bond donors (Lipinski definition) is 4. The van der Waals surface area contributed by atoms with E-state index in [0.29, 0.717) is 96.3 Å². The van der Waals surface area contributed by atoms with Crippen LogP contribution in [0, 0.1) is 148 Å². The monoisotopic (exact) mass is 1580 g/mol. The van der Waals surface area contributed by atoms with Gasteiger partial charge >= 0.3 is 0 Å². The largest absolute Gasteiger partial charge is 0.393 e. The Morgan fingerprint density at radius 3 is 1.48 bits per heavy atom. The van der Waals surface area contributed by atoms with E-state index in [4.69, 9.17) is 4.74 Å². The summed E-state index contributed by atoms with van der Waals surface area (Å²) in [7, 11) is 7.39. The molecule has 0 aliphatic heterocycles. The molecule has 12 saturated carbocycles. The summed E-state index contributed by atoms with van der Waals surface area (Å²) in [6.45, 7) is 37.1. The fourth-order valence-electron chi connectivity index (χ4n) is 32.7. The molecule has 16 nitrogen and oxygen atoms in total. The highest BCUT2D eigenvalue weighted by Gasteiger charge is 2.74. The molecule has 0 radical (unpaired) electrons. The first-order chi connectivity index (χ1) is 54.0. The predicted molar refractivity (Wildman–Crippen MR) is 450 cm³/mol. The fourth-order valence-corrected chi connectivity index (χ4v) is 32.7. The molecule has 2 aromatic heterocycles. The molecule has 0 spiro atoms. The summed E-state index contributed by atoms with van der Waals surface area (Å²) < 4.78 is 9.68. The van der Waals surface area contributed by atoms with Gasteiger partial charge in [0.05, 0.1) is 41.6 Å². The number of methoxy groups -OCH3 is 1. The minimum atomic E-state index is -1.08. The number of Topliss-reactive ketones (excluding diaryl/α,β-unsaturated/α-hetero) is 5. The maximum atomic E-state index is 13.5. The van der Waals surface area contributed by atoms with Crippen LogP contribution in [0.25, 0.3) is 12.2 Å². The van der Waals surface area contributed by atoms with Gasteiger partial charge < -0.3 is 25.2 Å². The molecule has 12 fully saturated rings. The van der Waals surface area contributed by atoms with Gasteiger partial charge in [-0.2, -0.15) is 10.2 Å². The van der Waals surface area contributed by atoms with Crippen LogP contribution in [0.2, 0.25) is 0 Å². The Hall–Kier alpha value is -5.65. The molecule has 2 aromatic rings. The highest BCUT2D eigenvalue weighted by Crippen LogP contribution is 2.76. The van der Waals surface area contributed by atoms with Gasteiger partial charge in [-0.25, -0.2) is 0 Å². The van der Waals surface area contributed by atoms with Crippen molar-refractivity contribution in [3.8, 4) is 0 Å². The zero-order valence-electron chi connectivity index (χ0n) is 73.8. The maximum Gasteiger partial charge on any atom is 0.190 e. The summed E-state index contributed by atoms with van der Waals surface area (Å²) in [5.41, 5.74) is 8.06. The molecule has 4 N–H and O–H groups in total. The normalized spacial score (nSPS) is 47.8. The van der Waals surface area contributed by atoms with E-state index in [1.165, 1.54) is 40.6 Å². The molecule has 0 saturated heterocycles. The third kappa shape index (κ3) is 11.5. The molecule has 0 amide bonds. The smallest absolute Gasteiger partial charge is 0.190 e. The van der Waals surface area contributed by atoms with E-state index in [2.05, 4.69) is 142 Å². The van der Waals surface area contributed by atoms with Gasteiger partial charge in [-0.3, -0.25) is 43.1 Å². The average Bonchev–Trinajstić information content (AvgIpc) is 1.60. The SMILES string of the molecule is CCC(=O)[C@@]1(C)[C@H](C)C[C@H]2[C@@H]3CCC4=CC(=NC)C=C[C@]4(C)[C@H]3[C@@H](O)C[C@@]21C.CCC(=O)[C@@]1(C)[C@H](C)C[C@H]2[C@@H]3CCC4=Cc5c(cnn5C)C[C@]4(C)[C@H]3[C@@H](O)C[C@@]21C.CCC(=O)[C@@]1(C)[C@H](C)C[C@H]2[C@@H]3CCC4=Cc5nn(C)cc5C[C@]4(C)[C@H]3[C@@H](O)C[C@@]21C.CO[C@]1(C(=O)CO)CC[C@H]2[C@@H]3CCC4=CC(=O)C=C[C@]4(C)[C@H]3C(=O)C[C@@]21C. The Morgan fingerprint density at radius 1 is 0.539 bits per heavy atom. The van der Waals surface area contributed by atoms with Crippen LogP contribution in [-0.2, 0) is 60.4 Å². The lowest BCUT2D eigenvalue weighted by Gasteiger charge is -2.61. The maximum absolute atomic E-state index is 13.5. The lowest BCUT2D eigenvalue weighted by Crippen LogP contribution is -2.61. The molecule has 2 heterocycles. The van der Waals surface area contributed by atoms with Gasteiger partial charge in [0.1, 0.15) is 35.3 Å². The number of carbonyl (C=O) groups is 6. The number of aliphatic hydroxyl groups excluding tert-OH is 4. The fraction of sp³-hybridized carbons (Fsp3) is 0.747. The first-order valence-electron chi connectivity index (χ1n) is 45.1. The van der Waals surface area contributed by atoms with Crippen LogP contribution >= 0.6 is 0 Å². The third-order valence-electron chi connectivity index (χ3n) is 39.4. The van der Waals surface area contributed by atoms with Crippen LogP contribution in [0.5, 0.6) is 0 Å². The van der Waals surface area contributed by atoms with Crippen molar-refractivity contribution in [1.29, 1.82) is 0 Å². The quantitative estimate of drug-likeness (QED) is 0.183. The van der Waals surface area contributed by atoms with Crippen LogP contribution in [-0.4, -0.2) is 125 Å². The van der Waals surface area contributed by atoms with Crippen LogP contribution in [0.1, 0.15) is 269 Å². The van der Waals surface area contributed by atoms with Gasteiger partial charge in [0.15, 0.2) is 11.6 Å². The number of aliphatic hydroxyl groups is 4. The van der Waals surface area contributed by atoms with Gasteiger partial charge in [0, 0.05) is 104 Å². The summed E-state index contributed by atoms with van der Waals surface area (Å²) in [5, 5.41) is 53.6. The van der Waals surface area contributed by atoms with Crippen LogP contribution < -0.4 is 0 Å². The molecule has 16 aliphatic carbocycles.